The fourth-order valence-corrected chi connectivity index (χ4v) is 1.31. The second-order valence-corrected chi connectivity index (χ2v) is 3.49. The molecule has 2 N–H and O–H groups in total. The molecule has 0 radical (unpaired) electrons. The van der Waals surface area contributed by atoms with Gasteiger partial charge in [-0.3, -0.25) is 0 Å². The van der Waals surface area contributed by atoms with E-state index >= 15 is 0 Å². The van der Waals surface area contributed by atoms with Gasteiger partial charge in [-0.15, -0.1) is 0 Å². The summed E-state index contributed by atoms with van der Waals surface area (Å²) in [7, 11) is 0. The first-order chi connectivity index (χ1) is 6.20. The van der Waals surface area contributed by atoms with E-state index in [0.717, 1.165) is 26.1 Å². The lowest BCUT2D eigenvalue weighted by molar-refractivity contribution is 0.123. The van der Waals surface area contributed by atoms with Crippen LogP contribution in [0.15, 0.2) is 0 Å². The Bertz CT molecular complexity index is 97.1. The van der Waals surface area contributed by atoms with E-state index in [0.29, 0.717) is 12.1 Å². The fraction of sp³-hybridized carbons (Fsp3) is 1.00. The van der Waals surface area contributed by atoms with Crippen LogP contribution in [0.5, 0.6) is 0 Å². The first-order valence-electron chi connectivity index (χ1n) is 5.15. The maximum absolute atomic E-state index is 8.64. The van der Waals surface area contributed by atoms with Crippen molar-refractivity contribution in [1.29, 1.82) is 0 Å². The number of nitrogens with one attached hydrogen (secondary N) is 1. The molecule has 3 heteroatoms. The van der Waals surface area contributed by atoms with Gasteiger partial charge >= 0.3 is 0 Å². The predicted molar refractivity (Wildman–Crippen MR) is 54.9 cm³/mol. The topological polar surface area (TPSA) is 41.5 Å². The van der Waals surface area contributed by atoms with Gasteiger partial charge in [-0.2, -0.15) is 0 Å². The molecule has 0 aromatic rings. The highest BCUT2D eigenvalue weighted by Gasteiger charge is 2.06. The third-order valence-electron chi connectivity index (χ3n) is 1.94. The van der Waals surface area contributed by atoms with Crippen LogP contribution in [0.25, 0.3) is 0 Å². The molecule has 0 heterocycles. The van der Waals surface area contributed by atoms with Crippen molar-refractivity contribution in [2.45, 2.75) is 45.7 Å². The van der Waals surface area contributed by atoms with Gasteiger partial charge in [0.05, 0.1) is 6.61 Å². The molecule has 13 heavy (non-hydrogen) atoms. The van der Waals surface area contributed by atoms with E-state index < -0.39 is 0 Å². The van der Waals surface area contributed by atoms with Crippen molar-refractivity contribution < 1.29 is 9.84 Å². The van der Waals surface area contributed by atoms with Crippen LogP contribution in [0, 0.1) is 0 Å². The summed E-state index contributed by atoms with van der Waals surface area (Å²) in [6.45, 7) is 8.08. The molecule has 0 aliphatic rings. The van der Waals surface area contributed by atoms with E-state index in [4.69, 9.17) is 9.84 Å². The quantitative estimate of drug-likeness (QED) is 0.602. The Morgan fingerprint density at radius 2 is 2.00 bits per heavy atom. The molecule has 0 bridgehead atoms. The molecule has 0 amide bonds. The van der Waals surface area contributed by atoms with E-state index in [2.05, 4.69) is 19.2 Å². The molecule has 0 spiro atoms. The molecule has 3 nitrogen and oxygen atoms in total. The van der Waals surface area contributed by atoms with Crippen LogP contribution in [0.2, 0.25) is 0 Å². The first-order valence-corrected chi connectivity index (χ1v) is 5.15. The summed E-state index contributed by atoms with van der Waals surface area (Å²) in [6.07, 6.45) is 1.89. The van der Waals surface area contributed by atoms with Gasteiger partial charge in [0.2, 0.25) is 0 Å². The van der Waals surface area contributed by atoms with E-state index in [9.17, 15) is 0 Å². The molecular weight excluding hydrogens is 166 g/mol. The van der Waals surface area contributed by atoms with Crippen LogP contribution in [0.3, 0.4) is 0 Å². The van der Waals surface area contributed by atoms with Crippen LogP contribution in [0.1, 0.15) is 33.6 Å². The number of rotatable bonds is 8. The molecule has 0 aromatic carbocycles. The van der Waals surface area contributed by atoms with Crippen molar-refractivity contribution in [2.75, 3.05) is 19.8 Å². The lowest BCUT2D eigenvalue weighted by Crippen LogP contribution is -2.37. The molecule has 0 saturated heterocycles. The Hall–Kier alpha value is -0.120. The van der Waals surface area contributed by atoms with E-state index in [1.165, 1.54) is 0 Å². The second kappa shape index (κ2) is 8.48. The minimum Gasteiger partial charge on any atom is -0.396 e. The zero-order valence-corrected chi connectivity index (χ0v) is 9.05. The molecule has 0 saturated carbocycles. The molecule has 2 atom stereocenters. The van der Waals surface area contributed by atoms with Crippen molar-refractivity contribution >= 4 is 0 Å². The minimum absolute atomic E-state index is 0.284. The van der Waals surface area contributed by atoms with Gasteiger partial charge in [0.1, 0.15) is 0 Å². The largest absolute Gasteiger partial charge is 0.396 e. The summed E-state index contributed by atoms with van der Waals surface area (Å²) in [5.41, 5.74) is 0. The van der Waals surface area contributed by atoms with Gasteiger partial charge in [-0.25, -0.2) is 0 Å². The zero-order valence-electron chi connectivity index (χ0n) is 9.05. The Morgan fingerprint density at radius 3 is 2.54 bits per heavy atom. The van der Waals surface area contributed by atoms with Crippen molar-refractivity contribution in [3.8, 4) is 0 Å². The average molecular weight is 189 g/mol. The Balaban J connectivity index is 3.35. The van der Waals surface area contributed by atoms with Gasteiger partial charge < -0.3 is 15.2 Å². The third kappa shape index (κ3) is 8.22. The van der Waals surface area contributed by atoms with Gasteiger partial charge in [0, 0.05) is 25.3 Å². The maximum atomic E-state index is 8.64. The lowest BCUT2D eigenvalue weighted by Gasteiger charge is -2.19. The normalized spacial score (nSPS) is 15.7. The SMILES string of the molecule is CCOCC(C)NC(C)CCCO. The van der Waals surface area contributed by atoms with Crippen LogP contribution < -0.4 is 5.32 Å². The highest BCUT2D eigenvalue weighted by molar-refractivity contribution is 4.66. The molecule has 0 aromatic heterocycles. The summed E-state index contributed by atoms with van der Waals surface area (Å²) in [5, 5.41) is 12.1. The van der Waals surface area contributed by atoms with E-state index in [1.54, 1.807) is 0 Å². The van der Waals surface area contributed by atoms with Crippen LogP contribution in [-0.4, -0.2) is 37.0 Å². The number of aliphatic hydroxyl groups is 1. The average Bonchev–Trinajstić information content (AvgIpc) is 2.11. The Kier molecular flexibility index (Phi) is 8.40. The van der Waals surface area contributed by atoms with Crippen molar-refractivity contribution in [3.05, 3.63) is 0 Å². The van der Waals surface area contributed by atoms with Gasteiger partial charge in [-0.05, 0) is 33.6 Å². The maximum Gasteiger partial charge on any atom is 0.0616 e. The summed E-state index contributed by atoms with van der Waals surface area (Å²) in [5.74, 6) is 0. The van der Waals surface area contributed by atoms with Crippen molar-refractivity contribution in [2.24, 2.45) is 0 Å². The van der Waals surface area contributed by atoms with Crippen molar-refractivity contribution in [1.82, 2.24) is 5.32 Å². The molecule has 80 valence electrons. The first kappa shape index (κ1) is 12.9. The number of hydrogen-bond donors (Lipinski definition) is 2. The molecule has 0 aliphatic heterocycles. The van der Waals surface area contributed by atoms with E-state index in [1.807, 2.05) is 6.92 Å². The van der Waals surface area contributed by atoms with E-state index in [-0.39, 0.29) is 6.61 Å². The monoisotopic (exact) mass is 189 g/mol. The zero-order chi connectivity index (χ0) is 10.1. The van der Waals surface area contributed by atoms with Gasteiger partial charge in [0.15, 0.2) is 0 Å². The van der Waals surface area contributed by atoms with Crippen LogP contribution in [0.4, 0.5) is 0 Å². The standard InChI is InChI=1S/C10H23NO2/c1-4-13-8-10(3)11-9(2)6-5-7-12/h9-12H,4-8H2,1-3H3. The van der Waals surface area contributed by atoms with Crippen LogP contribution >= 0.6 is 0 Å². The molecule has 2 unspecified atom stereocenters. The molecule has 0 aliphatic carbocycles. The summed E-state index contributed by atoms with van der Waals surface area (Å²) >= 11 is 0. The van der Waals surface area contributed by atoms with Crippen LogP contribution in [-0.2, 0) is 4.74 Å². The smallest absolute Gasteiger partial charge is 0.0616 e. The summed E-state index contributed by atoms with van der Waals surface area (Å²) in [4.78, 5) is 0. The number of aliphatic hydroxyl groups excluding tert-OH is 1. The summed E-state index contributed by atoms with van der Waals surface area (Å²) < 4.78 is 5.29. The lowest BCUT2D eigenvalue weighted by atomic mass is 10.1. The highest BCUT2D eigenvalue weighted by Crippen LogP contribution is 1.97. The Morgan fingerprint density at radius 1 is 1.31 bits per heavy atom. The minimum atomic E-state index is 0.284. The highest BCUT2D eigenvalue weighted by atomic mass is 16.5. The number of ether oxygens (including phenoxy) is 1. The van der Waals surface area contributed by atoms with Gasteiger partial charge in [0.25, 0.3) is 0 Å². The van der Waals surface area contributed by atoms with Gasteiger partial charge in [-0.1, -0.05) is 0 Å². The Labute approximate surface area is 81.5 Å². The molecule has 0 rings (SSSR count). The van der Waals surface area contributed by atoms with Crippen molar-refractivity contribution in [3.63, 3.8) is 0 Å². The predicted octanol–water partition coefficient (Wildman–Crippen LogP) is 1.16. The molecule has 0 fully saturated rings. The fourth-order valence-electron chi connectivity index (χ4n) is 1.31. The molecular formula is C10H23NO2. The summed E-state index contributed by atoms with van der Waals surface area (Å²) in [6, 6.07) is 0.858. The third-order valence-corrected chi connectivity index (χ3v) is 1.94. The second-order valence-electron chi connectivity index (χ2n) is 3.49. The number of hydrogen-bond acceptors (Lipinski definition) is 3.